The Hall–Kier alpha value is -0.670. The van der Waals surface area contributed by atoms with Gasteiger partial charge in [-0.05, 0) is 11.8 Å². The quantitative estimate of drug-likeness (QED) is 0.642. The predicted octanol–water partition coefficient (Wildman–Crippen LogP) is 2.48. The number of halogens is 2. The van der Waals surface area contributed by atoms with Gasteiger partial charge >= 0.3 is 12.4 Å². The predicted molar refractivity (Wildman–Crippen MR) is 45.6 cm³/mol. The summed E-state index contributed by atoms with van der Waals surface area (Å²) in [5.41, 5.74) is 0. The molecule has 0 aliphatic carbocycles. The zero-order valence-electron chi connectivity index (χ0n) is 8.38. The molecular weight excluding hydrogens is 178 g/mol. The topological polar surface area (TPSA) is 26.3 Å². The fraction of sp³-hybridized carbons (Fsp3) is 0.889. The van der Waals surface area contributed by atoms with Gasteiger partial charge in [-0.3, -0.25) is 0 Å². The molecule has 13 heavy (non-hydrogen) atoms. The standard InChI is InChI=1S/C9H16F2O2/c1-5(2)7(6(3)4)13-9(12)8(10)11/h5-8H,1-4H3. The molecular formula is C9H16F2O2. The molecule has 0 unspecified atom stereocenters. The van der Waals surface area contributed by atoms with E-state index in [1.807, 2.05) is 27.7 Å². The first kappa shape index (κ1) is 12.3. The Morgan fingerprint density at radius 3 is 1.69 bits per heavy atom. The van der Waals surface area contributed by atoms with Gasteiger partial charge in [0.1, 0.15) is 6.10 Å². The van der Waals surface area contributed by atoms with Crippen LogP contribution < -0.4 is 0 Å². The van der Waals surface area contributed by atoms with E-state index in [4.69, 9.17) is 0 Å². The van der Waals surface area contributed by atoms with Crippen molar-refractivity contribution in [2.24, 2.45) is 11.8 Å². The number of hydrogen-bond acceptors (Lipinski definition) is 2. The molecule has 0 aromatic carbocycles. The second kappa shape index (κ2) is 5.14. The van der Waals surface area contributed by atoms with Gasteiger partial charge < -0.3 is 4.74 Å². The van der Waals surface area contributed by atoms with Crippen LogP contribution in [0.3, 0.4) is 0 Å². The number of carbonyl (C=O) groups excluding carboxylic acids is 1. The highest BCUT2D eigenvalue weighted by molar-refractivity contribution is 5.72. The molecule has 0 aromatic heterocycles. The van der Waals surface area contributed by atoms with Crippen LogP contribution in [0.1, 0.15) is 27.7 Å². The number of rotatable bonds is 4. The molecule has 0 aromatic rings. The minimum absolute atomic E-state index is 0.0581. The largest absolute Gasteiger partial charge is 0.458 e. The molecule has 0 heterocycles. The maximum Gasteiger partial charge on any atom is 0.374 e. The van der Waals surface area contributed by atoms with Gasteiger partial charge in [-0.1, -0.05) is 27.7 Å². The van der Waals surface area contributed by atoms with Crippen LogP contribution in [0.15, 0.2) is 0 Å². The maximum absolute atomic E-state index is 11.8. The van der Waals surface area contributed by atoms with Crippen LogP contribution in [-0.4, -0.2) is 18.5 Å². The van der Waals surface area contributed by atoms with Crippen LogP contribution in [0, 0.1) is 11.8 Å². The van der Waals surface area contributed by atoms with Crippen molar-refractivity contribution < 1.29 is 18.3 Å². The van der Waals surface area contributed by atoms with Crippen molar-refractivity contribution in [1.82, 2.24) is 0 Å². The van der Waals surface area contributed by atoms with E-state index in [-0.39, 0.29) is 11.8 Å². The van der Waals surface area contributed by atoms with Gasteiger partial charge in [0.25, 0.3) is 0 Å². The van der Waals surface area contributed by atoms with Crippen LogP contribution in [0.5, 0.6) is 0 Å². The van der Waals surface area contributed by atoms with Crippen LogP contribution in [0.2, 0.25) is 0 Å². The van der Waals surface area contributed by atoms with Gasteiger partial charge in [0.05, 0.1) is 0 Å². The third-order valence-corrected chi connectivity index (χ3v) is 1.74. The lowest BCUT2D eigenvalue weighted by molar-refractivity contribution is -0.167. The normalized spacial score (nSPS) is 11.8. The highest BCUT2D eigenvalue weighted by Gasteiger charge is 2.26. The molecule has 0 rings (SSSR count). The second-order valence-corrected chi connectivity index (χ2v) is 3.69. The summed E-state index contributed by atoms with van der Waals surface area (Å²) < 4.78 is 28.3. The summed E-state index contributed by atoms with van der Waals surface area (Å²) in [4.78, 5) is 10.6. The smallest absolute Gasteiger partial charge is 0.374 e. The molecule has 0 fully saturated rings. The molecule has 0 bridgehead atoms. The molecule has 78 valence electrons. The summed E-state index contributed by atoms with van der Waals surface area (Å²) in [6, 6.07) is 0. The fourth-order valence-corrected chi connectivity index (χ4v) is 1.23. The Kier molecular flexibility index (Phi) is 4.88. The molecule has 0 saturated heterocycles. The number of esters is 1. The van der Waals surface area contributed by atoms with E-state index in [0.29, 0.717) is 0 Å². The highest BCUT2D eigenvalue weighted by atomic mass is 19.3. The minimum Gasteiger partial charge on any atom is -0.458 e. The fourth-order valence-electron chi connectivity index (χ4n) is 1.23. The Balaban J connectivity index is 4.19. The van der Waals surface area contributed by atoms with Gasteiger partial charge in [-0.15, -0.1) is 0 Å². The third-order valence-electron chi connectivity index (χ3n) is 1.74. The van der Waals surface area contributed by atoms with E-state index in [1.165, 1.54) is 0 Å². The summed E-state index contributed by atoms with van der Waals surface area (Å²) in [6.45, 7) is 7.35. The Bertz CT molecular complexity index is 159. The van der Waals surface area contributed by atoms with Gasteiger partial charge in [-0.25, -0.2) is 4.79 Å². The third kappa shape index (κ3) is 4.20. The first-order valence-corrected chi connectivity index (χ1v) is 4.35. The van der Waals surface area contributed by atoms with Crippen molar-refractivity contribution in [2.45, 2.75) is 40.2 Å². The lowest BCUT2D eigenvalue weighted by Gasteiger charge is -2.24. The average Bonchev–Trinajstić information content (AvgIpc) is 1.97. The van der Waals surface area contributed by atoms with Crippen molar-refractivity contribution in [3.63, 3.8) is 0 Å². The molecule has 0 amide bonds. The van der Waals surface area contributed by atoms with E-state index < -0.39 is 18.5 Å². The number of alkyl halides is 2. The first-order chi connectivity index (χ1) is 5.86. The van der Waals surface area contributed by atoms with Gasteiger partial charge in [0.2, 0.25) is 0 Å². The molecule has 4 heteroatoms. The van der Waals surface area contributed by atoms with Gasteiger partial charge in [0.15, 0.2) is 0 Å². The molecule has 0 aliphatic heterocycles. The zero-order valence-corrected chi connectivity index (χ0v) is 8.38. The summed E-state index contributed by atoms with van der Waals surface area (Å²) in [7, 11) is 0. The monoisotopic (exact) mass is 194 g/mol. The highest BCUT2D eigenvalue weighted by Crippen LogP contribution is 2.17. The Labute approximate surface area is 77.3 Å². The van der Waals surface area contributed by atoms with Crippen molar-refractivity contribution in [2.75, 3.05) is 0 Å². The molecule has 2 nitrogen and oxygen atoms in total. The van der Waals surface area contributed by atoms with Crippen molar-refractivity contribution >= 4 is 5.97 Å². The zero-order chi connectivity index (χ0) is 10.6. The van der Waals surface area contributed by atoms with Crippen LogP contribution in [-0.2, 0) is 9.53 Å². The summed E-state index contributed by atoms with van der Waals surface area (Å²) in [6.07, 6.45) is -3.46. The second-order valence-electron chi connectivity index (χ2n) is 3.69. The van der Waals surface area contributed by atoms with Gasteiger partial charge in [-0.2, -0.15) is 8.78 Å². The molecule has 0 N–H and O–H groups in total. The molecule has 0 radical (unpaired) electrons. The minimum atomic E-state index is -3.03. The summed E-state index contributed by atoms with van der Waals surface area (Å²) in [5, 5.41) is 0. The summed E-state index contributed by atoms with van der Waals surface area (Å²) in [5.74, 6) is -1.31. The van der Waals surface area contributed by atoms with Crippen molar-refractivity contribution in [3.05, 3.63) is 0 Å². The number of hydrogen-bond donors (Lipinski definition) is 0. The average molecular weight is 194 g/mol. The number of ether oxygens (including phenoxy) is 1. The molecule has 0 spiro atoms. The van der Waals surface area contributed by atoms with Crippen LogP contribution >= 0.6 is 0 Å². The number of carbonyl (C=O) groups is 1. The van der Waals surface area contributed by atoms with E-state index in [0.717, 1.165) is 0 Å². The first-order valence-electron chi connectivity index (χ1n) is 4.35. The van der Waals surface area contributed by atoms with Crippen LogP contribution in [0.25, 0.3) is 0 Å². The van der Waals surface area contributed by atoms with Crippen LogP contribution in [0.4, 0.5) is 8.78 Å². The maximum atomic E-state index is 11.8. The van der Waals surface area contributed by atoms with E-state index >= 15 is 0 Å². The van der Waals surface area contributed by atoms with Gasteiger partial charge in [0, 0.05) is 0 Å². The Morgan fingerprint density at radius 2 is 1.46 bits per heavy atom. The Morgan fingerprint density at radius 1 is 1.08 bits per heavy atom. The lowest BCUT2D eigenvalue weighted by Crippen LogP contribution is -2.31. The van der Waals surface area contributed by atoms with E-state index in [1.54, 1.807) is 0 Å². The SMILES string of the molecule is CC(C)C(OC(=O)C(F)F)C(C)C. The van der Waals surface area contributed by atoms with E-state index in [9.17, 15) is 13.6 Å². The molecule has 0 aliphatic rings. The van der Waals surface area contributed by atoms with Crippen molar-refractivity contribution in [3.8, 4) is 0 Å². The summed E-state index contributed by atoms with van der Waals surface area (Å²) >= 11 is 0. The van der Waals surface area contributed by atoms with E-state index in [2.05, 4.69) is 4.74 Å². The lowest BCUT2D eigenvalue weighted by atomic mass is 9.96. The molecule has 0 atom stereocenters. The van der Waals surface area contributed by atoms with Crippen molar-refractivity contribution in [1.29, 1.82) is 0 Å². The molecule has 0 saturated carbocycles.